The maximum absolute atomic E-state index is 2.48. The zero-order valence-corrected chi connectivity index (χ0v) is 39.4. The molecule has 1 aromatic heterocycles. The van der Waals surface area contributed by atoms with Crippen molar-refractivity contribution in [2.75, 3.05) is 9.80 Å². The highest BCUT2D eigenvalue weighted by molar-refractivity contribution is 6.11. The van der Waals surface area contributed by atoms with E-state index in [0.717, 1.165) is 58.1 Å². The summed E-state index contributed by atoms with van der Waals surface area (Å²) in [6, 6.07) is 85.0. The summed E-state index contributed by atoms with van der Waals surface area (Å²) < 4.78 is 2.42. The van der Waals surface area contributed by atoms with E-state index in [1.807, 2.05) is 0 Å². The highest BCUT2D eigenvalue weighted by atomic mass is 15.2. The van der Waals surface area contributed by atoms with Crippen molar-refractivity contribution in [1.82, 2.24) is 4.57 Å². The minimum absolute atomic E-state index is 0.132. The Kier molecular flexibility index (Phi) is 9.99. The molecule has 2 aliphatic rings. The molecule has 0 unspecified atom stereocenters. The van der Waals surface area contributed by atoms with Gasteiger partial charge in [-0.15, -0.1) is 0 Å². The third-order valence-corrected chi connectivity index (χ3v) is 14.8. The van der Waals surface area contributed by atoms with E-state index in [1.54, 1.807) is 0 Å². The molecule has 0 atom stereocenters. The Labute approximate surface area is 410 Å². The largest absolute Gasteiger partial charge is 0.311 e. The Hall–Kier alpha value is -8.66. The number of rotatable bonds is 9. The lowest BCUT2D eigenvalue weighted by atomic mass is 9.82. The van der Waals surface area contributed by atoms with Crippen LogP contribution in [-0.4, -0.2) is 4.57 Å². The molecule has 0 saturated carbocycles. The van der Waals surface area contributed by atoms with Gasteiger partial charge >= 0.3 is 0 Å². The van der Waals surface area contributed by atoms with Crippen molar-refractivity contribution in [3.05, 3.63) is 266 Å². The average molecular weight is 898 g/mol. The van der Waals surface area contributed by atoms with Crippen LogP contribution in [0, 0.1) is 0 Å². The van der Waals surface area contributed by atoms with Crippen molar-refractivity contribution in [3.8, 4) is 39.1 Å². The van der Waals surface area contributed by atoms with Crippen molar-refractivity contribution in [3.63, 3.8) is 0 Å². The Bertz CT molecular complexity index is 3850. The molecule has 3 heteroatoms. The van der Waals surface area contributed by atoms with Crippen LogP contribution in [0.1, 0.15) is 37.8 Å². The van der Waals surface area contributed by atoms with E-state index in [4.69, 9.17) is 0 Å². The van der Waals surface area contributed by atoms with Crippen molar-refractivity contribution in [2.45, 2.75) is 32.1 Å². The van der Waals surface area contributed by atoms with Crippen LogP contribution in [0.5, 0.6) is 0 Å². The third kappa shape index (κ3) is 6.88. The van der Waals surface area contributed by atoms with E-state index in [0.29, 0.717) is 0 Å². The summed E-state index contributed by atoms with van der Waals surface area (Å²) >= 11 is 0. The predicted octanol–water partition coefficient (Wildman–Crippen LogP) is 18.4. The van der Waals surface area contributed by atoms with Crippen LogP contribution in [-0.2, 0) is 5.41 Å². The minimum atomic E-state index is -0.132. The summed E-state index contributed by atoms with van der Waals surface area (Å²) in [6.45, 7) is 4.74. The molecule has 70 heavy (non-hydrogen) atoms. The summed E-state index contributed by atoms with van der Waals surface area (Å²) in [5, 5.41) is 4.83. The van der Waals surface area contributed by atoms with Crippen LogP contribution in [0.3, 0.4) is 0 Å². The molecule has 0 amide bonds. The van der Waals surface area contributed by atoms with Crippen LogP contribution < -0.4 is 9.80 Å². The smallest absolute Gasteiger partial charge is 0.0541 e. The van der Waals surface area contributed by atoms with E-state index < -0.39 is 0 Å². The fourth-order valence-corrected chi connectivity index (χ4v) is 11.4. The number of anilines is 5. The van der Waals surface area contributed by atoms with Gasteiger partial charge in [-0.2, -0.15) is 0 Å². The van der Waals surface area contributed by atoms with Gasteiger partial charge in [0, 0.05) is 55.6 Å². The number of benzene rings is 10. The molecular formula is C67H51N3. The standard InChI is InChI=1S/C67H51N3/c1-67(2)61-30-16-14-28-56(61)57-40-38-54(45-62(57)67)68(50-23-8-4-9-24-50)53-39-42-65(69(51-25-10-5-11-26-51)63-32-18-22-48-21-12-13-27-55(48)63)59(44-53)49-35-41-66-60(43-49)58-29-15-17-31-64(58)70(66)52-36-33-47(34-37-52)46-19-6-3-7-20-46/h3,5-8,10-45H,4,9H2,1-2H3. The lowest BCUT2D eigenvalue weighted by Gasteiger charge is -2.32. The summed E-state index contributed by atoms with van der Waals surface area (Å²) in [7, 11) is 0. The molecule has 0 bridgehead atoms. The van der Waals surface area contributed by atoms with Crippen molar-refractivity contribution >= 4 is 61.0 Å². The summed E-state index contributed by atoms with van der Waals surface area (Å²) in [5.74, 6) is 0. The molecule has 0 radical (unpaired) electrons. The molecule has 0 aliphatic heterocycles. The molecular weight excluding hydrogens is 847 g/mol. The second-order valence-electron chi connectivity index (χ2n) is 19.2. The van der Waals surface area contributed by atoms with E-state index in [2.05, 4.69) is 277 Å². The van der Waals surface area contributed by atoms with Crippen LogP contribution in [0.25, 0.3) is 71.6 Å². The Morgan fingerprint density at radius 3 is 1.89 bits per heavy atom. The summed E-state index contributed by atoms with van der Waals surface area (Å²) in [5.41, 5.74) is 20.2. The molecule has 13 rings (SSSR count). The highest BCUT2D eigenvalue weighted by Gasteiger charge is 2.36. The molecule has 1 heterocycles. The molecule has 0 spiro atoms. The minimum Gasteiger partial charge on any atom is -0.311 e. The first kappa shape index (κ1) is 41.5. The van der Waals surface area contributed by atoms with Crippen LogP contribution in [0.15, 0.2) is 254 Å². The Morgan fingerprint density at radius 2 is 1.06 bits per heavy atom. The normalized spacial score (nSPS) is 13.6. The molecule has 0 N–H and O–H groups in total. The number of nitrogens with zero attached hydrogens (tertiary/aromatic N) is 3. The Balaban J connectivity index is 1.04. The molecule has 2 aliphatic carbocycles. The van der Waals surface area contributed by atoms with Gasteiger partial charge in [-0.1, -0.05) is 178 Å². The third-order valence-electron chi connectivity index (χ3n) is 14.8. The van der Waals surface area contributed by atoms with Crippen LogP contribution in [0.2, 0.25) is 0 Å². The second kappa shape index (κ2) is 16.8. The fourth-order valence-electron chi connectivity index (χ4n) is 11.4. The summed E-state index contributed by atoms with van der Waals surface area (Å²) in [6.07, 6.45) is 9.06. The number of fused-ring (bicyclic) bond motifs is 7. The van der Waals surface area contributed by atoms with Crippen molar-refractivity contribution in [2.24, 2.45) is 0 Å². The zero-order chi connectivity index (χ0) is 46.8. The van der Waals surface area contributed by atoms with Gasteiger partial charge in [-0.05, 0) is 142 Å². The zero-order valence-electron chi connectivity index (χ0n) is 39.4. The second-order valence-corrected chi connectivity index (χ2v) is 19.2. The number of aromatic nitrogens is 1. The van der Waals surface area contributed by atoms with Gasteiger partial charge in [0.2, 0.25) is 0 Å². The molecule has 11 aromatic rings. The first-order valence-electron chi connectivity index (χ1n) is 24.6. The maximum Gasteiger partial charge on any atom is 0.0541 e. The maximum atomic E-state index is 2.48. The predicted molar refractivity (Wildman–Crippen MR) is 296 cm³/mol. The van der Waals surface area contributed by atoms with E-state index >= 15 is 0 Å². The van der Waals surface area contributed by atoms with Gasteiger partial charge in [0.25, 0.3) is 0 Å². The van der Waals surface area contributed by atoms with Gasteiger partial charge in [0.05, 0.1) is 22.4 Å². The van der Waals surface area contributed by atoms with E-state index in [1.165, 1.54) is 71.7 Å². The van der Waals surface area contributed by atoms with Gasteiger partial charge in [-0.25, -0.2) is 0 Å². The Morgan fingerprint density at radius 1 is 0.400 bits per heavy atom. The molecule has 0 fully saturated rings. The lowest BCUT2D eigenvalue weighted by Crippen LogP contribution is -2.19. The fraction of sp³-hybridized carbons (Fsp3) is 0.0746. The van der Waals surface area contributed by atoms with Gasteiger partial charge in [0.1, 0.15) is 0 Å². The molecule has 3 nitrogen and oxygen atoms in total. The highest BCUT2D eigenvalue weighted by Crippen LogP contribution is 2.52. The quantitative estimate of drug-likeness (QED) is 0.143. The monoisotopic (exact) mass is 897 g/mol. The van der Waals surface area contributed by atoms with Crippen molar-refractivity contribution in [1.29, 1.82) is 0 Å². The first-order chi connectivity index (χ1) is 34.5. The molecule has 0 saturated heterocycles. The van der Waals surface area contributed by atoms with Gasteiger partial charge in [0.15, 0.2) is 0 Å². The average Bonchev–Trinajstić information content (AvgIpc) is 3.87. The SMILES string of the molecule is CC1(C)c2ccccc2-c2ccc(N(C3=CCCC=C3)c3ccc(N(c4ccccc4)c4cccc5ccccc45)c(-c4ccc5c(c4)c4ccccc4n5-c4ccc(-c5ccccc5)cc4)c3)cc21. The van der Waals surface area contributed by atoms with Crippen molar-refractivity contribution < 1.29 is 0 Å². The summed E-state index contributed by atoms with van der Waals surface area (Å²) in [4.78, 5) is 4.94. The van der Waals surface area contributed by atoms with Crippen LogP contribution in [0.4, 0.5) is 28.4 Å². The van der Waals surface area contributed by atoms with E-state index in [9.17, 15) is 0 Å². The number of hydrogen-bond donors (Lipinski definition) is 0. The van der Waals surface area contributed by atoms with Gasteiger partial charge in [-0.3, -0.25) is 0 Å². The number of hydrogen-bond acceptors (Lipinski definition) is 2. The molecule has 10 aromatic carbocycles. The van der Waals surface area contributed by atoms with Crippen LogP contribution >= 0.6 is 0 Å². The lowest BCUT2D eigenvalue weighted by molar-refractivity contribution is 0.660. The first-order valence-corrected chi connectivity index (χ1v) is 24.6. The van der Waals surface area contributed by atoms with Gasteiger partial charge < -0.3 is 14.4 Å². The molecule has 334 valence electrons. The number of allylic oxidation sites excluding steroid dienone is 3. The van der Waals surface area contributed by atoms with E-state index in [-0.39, 0.29) is 5.41 Å². The number of para-hydroxylation sites is 2. The topological polar surface area (TPSA) is 11.4 Å².